The molecule has 2 aromatic carbocycles. The van der Waals surface area contributed by atoms with E-state index in [1.807, 2.05) is 25.1 Å². The van der Waals surface area contributed by atoms with Gasteiger partial charge in [0, 0.05) is 6.42 Å². The van der Waals surface area contributed by atoms with Crippen molar-refractivity contribution in [1.29, 1.82) is 0 Å². The molecule has 1 N–H and O–H groups in total. The van der Waals surface area contributed by atoms with Crippen LogP contribution in [0.15, 0.2) is 42.5 Å². The van der Waals surface area contributed by atoms with E-state index in [9.17, 15) is 5.11 Å². The molecular weight excluding hydrogens is 260 g/mol. The summed E-state index contributed by atoms with van der Waals surface area (Å²) in [6, 6.07) is 14.3. The first-order chi connectivity index (χ1) is 10.0. The normalized spacial score (nSPS) is 12.5. The zero-order valence-electron chi connectivity index (χ0n) is 13.3. The van der Waals surface area contributed by atoms with Gasteiger partial charge < -0.3 is 9.84 Å². The number of rotatable bonds is 5. The summed E-state index contributed by atoms with van der Waals surface area (Å²) in [7, 11) is 1.66. The zero-order chi connectivity index (χ0) is 15.4. The molecule has 1 atom stereocenters. The molecule has 0 radical (unpaired) electrons. The third kappa shape index (κ3) is 3.85. The first-order valence-corrected chi connectivity index (χ1v) is 7.42. The van der Waals surface area contributed by atoms with Crippen LogP contribution in [0, 0.1) is 6.92 Å². The van der Waals surface area contributed by atoms with Gasteiger partial charge >= 0.3 is 0 Å². The first-order valence-electron chi connectivity index (χ1n) is 7.42. The Labute approximate surface area is 127 Å². The molecule has 0 aromatic heterocycles. The van der Waals surface area contributed by atoms with Crippen molar-refractivity contribution in [2.75, 3.05) is 7.11 Å². The Morgan fingerprint density at radius 3 is 2.14 bits per heavy atom. The van der Waals surface area contributed by atoms with Gasteiger partial charge in [-0.2, -0.15) is 0 Å². The van der Waals surface area contributed by atoms with E-state index < -0.39 is 6.10 Å². The zero-order valence-corrected chi connectivity index (χ0v) is 13.3. The summed E-state index contributed by atoms with van der Waals surface area (Å²) in [5, 5.41) is 10.4. The first kappa shape index (κ1) is 15.6. The summed E-state index contributed by atoms with van der Waals surface area (Å²) in [6.07, 6.45) is 0.143. The van der Waals surface area contributed by atoms with Crippen LogP contribution in [0.25, 0.3) is 0 Å². The number of hydrogen-bond acceptors (Lipinski definition) is 2. The highest BCUT2D eigenvalue weighted by Gasteiger charge is 2.11. The van der Waals surface area contributed by atoms with Crippen molar-refractivity contribution in [3.05, 3.63) is 64.7 Å². The summed E-state index contributed by atoms with van der Waals surface area (Å²) in [5.74, 6) is 1.39. The highest BCUT2D eigenvalue weighted by atomic mass is 16.5. The Kier molecular flexibility index (Phi) is 5.03. The van der Waals surface area contributed by atoms with Gasteiger partial charge in [0.05, 0.1) is 13.2 Å². The van der Waals surface area contributed by atoms with Gasteiger partial charge in [0.2, 0.25) is 0 Å². The number of hydrogen-bond donors (Lipinski definition) is 1. The molecule has 21 heavy (non-hydrogen) atoms. The molecule has 0 bridgehead atoms. The van der Waals surface area contributed by atoms with Crippen molar-refractivity contribution in [1.82, 2.24) is 0 Å². The van der Waals surface area contributed by atoms with Gasteiger partial charge in [-0.15, -0.1) is 0 Å². The van der Waals surface area contributed by atoms with E-state index in [4.69, 9.17) is 4.74 Å². The van der Waals surface area contributed by atoms with Crippen LogP contribution in [0.3, 0.4) is 0 Å². The monoisotopic (exact) mass is 284 g/mol. The van der Waals surface area contributed by atoms with Crippen molar-refractivity contribution in [3.63, 3.8) is 0 Å². The predicted octanol–water partition coefficient (Wildman–Crippen LogP) is 4.40. The van der Waals surface area contributed by atoms with Gasteiger partial charge in [-0.25, -0.2) is 0 Å². The van der Waals surface area contributed by atoms with E-state index in [2.05, 4.69) is 38.1 Å². The molecule has 1 unspecified atom stereocenters. The van der Waals surface area contributed by atoms with Crippen LogP contribution >= 0.6 is 0 Å². The van der Waals surface area contributed by atoms with Crippen LogP contribution < -0.4 is 4.74 Å². The van der Waals surface area contributed by atoms with Gasteiger partial charge in [-0.3, -0.25) is 0 Å². The topological polar surface area (TPSA) is 29.5 Å². The third-order valence-corrected chi connectivity index (χ3v) is 3.88. The maximum absolute atomic E-state index is 10.4. The molecule has 2 aromatic rings. The smallest absolute Gasteiger partial charge is 0.121 e. The molecular formula is C19H24O2. The van der Waals surface area contributed by atoms with Crippen LogP contribution in [0.5, 0.6) is 5.75 Å². The highest BCUT2D eigenvalue weighted by Crippen LogP contribution is 2.25. The molecule has 0 fully saturated rings. The molecule has 2 rings (SSSR count). The standard InChI is InChI=1S/C19H24O2/c1-13(2)16-7-5-15(6-8-16)12-18(20)17-9-10-19(21-4)14(3)11-17/h5-11,13,18,20H,12H2,1-4H3. The fourth-order valence-electron chi connectivity index (χ4n) is 2.49. The number of methoxy groups -OCH3 is 1. The van der Waals surface area contributed by atoms with Gasteiger partial charge in [0.1, 0.15) is 5.75 Å². The largest absolute Gasteiger partial charge is 0.496 e. The van der Waals surface area contributed by atoms with E-state index in [0.29, 0.717) is 12.3 Å². The summed E-state index contributed by atoms with van der Waals surface area (Å²) < 4.78 is 5.25. The number of aliphatic hydroxyl groups excluding tert-OH is 1. The second kappa shape index (κ2) is 6.77. The Bertz CT molecular complexity index is 585. The molecule has 0 saturated heterocycles. The van der Waals surface area contributed by atoms with Gasteiger partial charge in [-0.1, -0.05) is 44.2 Å². The number of aliphatic hydroxyl groups is 1. The van der Waals surface area contributed by atoms with E-state index in [1.54, 1.807) is 7.11 Å². The van der Waals surface area contributed by atoms with Gasteiger partial charge in [0.15, 0.2) is 0 Å². The predicted molar refractivity (Wildman–Crippen MR) is 86.9 cm³/mol. The highest BCUT2D eigenvalue weighted by molar-refractivity contribution is 5.37. The second-order valence-electron chi connectivity index (χ2n) is 5.85. The lowest BCUT2D eigenvalue weighted by molar-refractivity contribution is 0.178. The van der Waals surface area contributed by atoms with Crippen molar-refractivity contribution < 1.29 is 9.84 Å². The maximum Gasteiger partial charge on any atom is 0.121 e. The van der Waals surface area contributed by atoms with Crippen molar-refractivity contribution in [2.24, 2.45) is 0 Å². The lowest BCUT2D eigenvalue weighted by Gasteiger charge is -2.14. The summed E-state index contributed by atoms with van der Waals surface area (Å²) in [5.41, 5.74) is 4.46. The van der Waals surface area contributed by atoms with Crippen LogP contribution in [0.4, 0.5) is 0 Å². The minimum Gasteiger partial charge on any atom is -0.496 e. The van der Waals surface area contributed by atoms with Crippen LogP contribution in [0.1, 0.15) is 48.1 Å². The summed E-state index contributed by atoms with van der Waals surface area (Å²) in [6.45, 7) is 6.36. The minimum atomic E-state index is -0.487. The number of ether oxygens (including phenoxy) is 1. The molecule has 0 aliphatic carbocycles. The SMILES string of the molecule is COc1ccc(C(O)Cc2ccc(C(C)C)cc2)cc1C. The van der Waals surface area contributed by atoms with E-state index in [-0.39, 0.29) is 0 Å². The Hall–Kier alpha value is -1.80. The average molecular weight is 284 g/mol. The molecule has 2 heteroatoms. The van der Waals surface area contributed by atoms with Crippen LogP contribution in [-0.4, -0.2) is 12.2 Å². The van der Waals surface area contributed by atoms with E-state index in [1.165, 1.54) is 5.56 Å². The number of aryl methyl sites for hydroxylation is 1. The molecule has 0 saturated carbocycles. The van der Waals surface area contributed by atoms with E-state index >= 15 is 0 Å². The molecule has 0 spiro atoms. The molecule has 0 aliphatic heterocycles. The Morgan fingerprint density at radius 2 is 1.62 bits per heavy atom. The minimum absolute atomic E-state index is 0.487. The lowest BCUT2D eigenvalue weighted by Crippen LogP contribution is -2.03. The van der Waals surface area contributed by atoms with Crippen molar-refractivity contribution in [2.45, 2.75) is 39.2 Å². The third-order valence-electron chi connectivity index (χ3n) is 3.88. The van der Waals surface area contributed by atoms with Crippen molar-refractivity contribution in [3.8, 4) is 5.75 Å². The molecule has 112 valence electrons. The fraction of sp³-hybridized carbons (Fsp3) is 0.368. The number of benzene rings is 2. The summed E-state index contributed by atoms with van der Waals surface area (Å²) >= 11 is 0. The lowest BCUT2D eigenvalue weighted by atomic mass is 9.97. The fourth-order valence-corrected chi connectivity index (χ4v) is 2.49. The van der Waals surface area contributed by atoms with Gasteiger partial charge in [-0.05, 0) is 47.2 Å². The quantitative estimate of drug-likeness (QED) is 0.881. The molecule has 0 heterocycles. The maximum atomic E-state index is 10.4. The molecule has 0 aliphatic rings. The Morgan fingerprint density at radius 1 is 1.00 bits per heavy atom. The Balaban J connectivity index is 2.10. The van der Waals surface area contributed by atoms with Crippen LogP contribution in [0.2, 0.25) is 0 Å². The van der Waals surface area contributed by atoms with Gasteiger partial charge in [0.25, 0.3) is 0 Å². The molecule has 2 nitrogen and oxygen atoms in total. The second-order valence-corrected chi connectivity index (χ2v) is 5.85. The van der Waals surface area contributed by atoms with E-state index in [0.717, 1.165) is 22.4 Å². The summed E-state index contributed by atoms with van der Waals surface area (Å²) in [4.78, 5) is 0. The average Bonchev–Trinajstić information content (AvgIpc) is 2.47. The van der Waals surface area contributed by atoms with Crippen LogP contribution in [-0.2, 0) is 6.42 Å². The molecule has 0 amide bonds. The van der Waals surface area contributed by atoms with Crippen molar-refractivity contribution >= 4 is 0 Å².